The van der Waals surface area contributed by atoms with Crippen LogP contribution in [0, 0.1) is 5.82 Å². The Kier molecular flexibility index (Phi) is 2.21. The molecular formula is C14H10FNO2. The summed E-state index contributed by atoms with van der Waals surface area (Å²) in [4.78, 5) is 12.0. The van der Waals surface area contributed by atoms with Gasteiger partial charge in [0.15, 0.2) is 5.60 Å². The van der Waals surface area contributed by atoms with Gasteiger partial charge in [0.1, 0.15) is 5.82 Å². The molecule has 18 heavy (non-hydrogen) atoms. The van der Waals surface area contributed by atoms with Gasteiger partial charge in [-0.1, -0.05) is 30.3 Å². The van der Waals surface area contributed by atoms with Crippen LogP contribution in [-0.4, -0.2) is 11.0 Å². The summed E-state index contributed by atoms with van der Waals surface area (Å²) in [5, 5.41) is 13.3. The van der Waals surface area contributed by atoms with Crippen molar-refractivity contribution >= 4 is 11.6 Å². The van der Waals surface area contributed by atoms with Gasteiger partial charge in [-0.3, -0.25) is 4.79 Å². The summed E-state index contributed by atoms with van der Waals surface area (Å²) in [5.41, 5.74) is -0.327. The zero-order valence-corrected chi connectivity index (χ0v) is 9.35. The molecule has 4 heteroatoms. The molecule has 0 saturated carbocycles. The first-order chi connectivity index (χ1) is 8.62. The van der Waals surface area contributed by atoms with Crippen LogP contribution in [0.15, 0.2) is 48.5 Å². The van der Waals surface area contributed by atoms with E-state index in [2.05, 4.69) is 5.32 Å². The van der Waals surface area contributed by atoms with E-state index in [1.165, 1.54) is 24.3 Å². The van der Waals surface area contributed by atoms with E-state index in [4.69, 9.17) is 0 Å². The van der Waals surface area contributed by atoms with Crippen LogP contribution >= 0.6 is 0 Å². The van der Waals surface area contributed by atoms with Crippen molar-refractivity contribution in [3.05, 3.63) is 65.5 Å². The van der Waals surface area contributed by atoms with Gasteiger partial charge in [-0.15, -0.1) is 0 Å². The van der Waals surface area contributed by atoms with Crippen LogP contribution in [0.3, 0.4) is 0 Å². The fourth-order valence-corrected chi connectivity index (χ4v) is 2.22. The number of carbonyl (C=O) groups excluding carboxylic acids is 1. The van der Waals surface area contributed by atoms with Crippen molar-refractivity contribution in [1.82, 2.24) is 0 Å². The molecule has 0 saturated heterocycles. The molecule has 0 aromatic heterocycles. The fourth-order valence-electron chi connectivity index (χ4n) is 2.22. The lowest BCUT2D eigenvalue weighted by atomic mass is 9.87. The van der Waals surface area contributed by atoms with E-state index < -0.39 is 17.3 Å². The monoisotopic (exact) mass is 243 g/mol. The summed E-state index contributed by atoms with van der Waals surface area (Å²) in [7, 11) is 0. The molecule has 0 aliphatic carbocycles. The van der Waals surface area contributed by atoms with Crippen LogP contribution in [0.1, 0.15) is 11.1 Å². The minimum atomic E-state index is -1.75. The van der Waals surface area contributed by atoms with Crippen molar-refractivity contribution in [2.45, 2.75) is 5.60 Å². The van der Waals surface area contributed by atoms with E-state index >= 15 is 0 Å². The van der Waals surface area contributed by atoms with Crippen LogP contribution in [-0.2, 0) is 10.4 Å². The fraction of sp³-hybridized carbons (Fsp3) is 0.0714. The number of amides is 1. The van der Waals surface area contributed by atoms with Crippen LogP contribution in [0.25, 0.3) is 0 Å². The zero-order valence-electron chi connectivity index (χ0n) is 9.35. The van der Waals surface area contributed by atoms with Crippen molar-refractivity contribution in [3.63, 3.8) is 0 Å². The van der Waals surface area contributed by atoms with Crippen molar-refractivity contribution in [1.29, 1.82) is 0 Å². The lowest BCUT2D eigenvalue weighted by Crippen LogP contribution is -2.35. The molecule has 1 heterocycles. The molecule has 0 bridgehead atoms. The number of hydrogen-bond donors (Lipinski definition) is 2. The molecule has 1 aliphatic heterocycles. The normalized spacial score (nSPS) is 21.6. The number of aliphatic hydroxyl groups is 1. The first-order valence-corrected chi connectivity index (χ1v) is 5.52. The van der Waals surface area contributed by atoms with E-state index in [0.29, 0.717) is 16.8 Å². The Balaban J connectivity index is 2.20. The molecule has 90 valence electrons. The molecule has 3 nitrogen and oxygen atoms in total. The highest BCUT2D eigenvalue weighted by Crippen LogP contribution is 2.40. The van der Waals surface area contributed by atoms with E-state index in [9.17, 15) is 14.3 Å². The molecular weight excluding hydrogens is 233 g/mol. The third kappa shape index (κ3) is 1.36. The van der Waals surface area contributed by atoms with Gasteiger partial charge >= 0.3 is 0 Å². The highest BCUT2D eigenvalue weighted by Gasteiger charge is 2.46. The molecule has 1 atom stereocenters. The second kappa shape index (κ2) is 3.65. The number of para-hydroxylation sites is 1. The summed E-state index contributed by atoms with van der Waals surface area (Å²) >= 11 is 0. The molecule has 3 rings (SSSR count). The van der Waals surface area contributed by atoms with E-state index in [1.54, 1.807) is 24.3 Å². The average Bonchev–Trinajstić information content (AvgIpc) is 2.64. The maximum Gasteiger partial charge on any atom is 0.265 e. The van der Waals surface area contributed by atoms with Crippen molar-refractivity contribution in [2.24, 2.45) is 0 Å². The van der Waals surface area contributed by atoms with E-state index in [0.717, 1.165) is 0 Å². The van der Waals surface area contributed by atoms with Gasteiger partial charge < -0.3 is 10.4 Å². The standard InChI is InChI=1S/C14H10FNO2/c15-10-7-5-9(6-8-10)14(18)11-3-1-2-4-12(11)16-13(14)17/h1-8,18H,(H,16,17)/t14-/m1/s1. The molecule has 0 radical (unpaired) electrons. The quantitative estimate of drug-likeness (QED) is 0.805. The molecule has 0 spiro atoms. The van der Waals surface area contributed by atoms with Crippen LogP contribution < -0.4 is 5.32 Å². The van der Waals surface area contributed by atoms with Crippen molar-refractivity contribution in [2.75, 3.05) is 5.32 Å². The molecule has 0 fully saturated rings. The number of halogens is 1. The number of hydrogen-bond acceptors (Lipinski definition) is 2. The predicted molar refractivity (Wildman–Crippen MR) is 64.5 cm³/mol. The van der Waals surface area contributed by atoms with Gasteiger partial charge in [-0.05, 0) is 23.8 Å². The number of anilines is 1. The van der Waals surface area contributed by atoms with Gasteiger partial charge in [0.2, 0.25) is 0 Å². The summed E-state index contributed by atoms with van der Waals surface area (Å²) < 4.78 is 12.9. The Bertz CT molecular complexity index is 624. The Morgan fingerprint density at radius 2 is 1.72 bits per heavy atom. The topological polar surface area (TPSA) is 49.3 Å². The Morgan fingerprint density at radius 1 is 1.06 bits per heavy atom. The molecule has 2 N–H and O–H groups in total. The second-order valence-electron chi connectivity index (χ2n) is 4.22. The van der Waals surface area contributed by atoms with Crippen molar-refractivity contribution < 1.29 is 14.3 Å². The lowest BCUT2D eigenvalue weighted by molar-refractivity contribution is -0.129. The van der Waals surface area contributed by atoms with Gasteiger partial charge in [0.05, 0.1) is 0 Å². The molecule has 2 aromatic carbocycles. The van der Waals surface area contributed by atoms with Crippen LogP contribution in [0.4, 0.5) is 10.1 Å². The summed E-state index contributed by atoms with van der Waals surface area (Å²) in [6, 6.07) is 12.2. The minimum Gasteiger partial charge on any atom is -0.372 e. The SMILES string of the molecule is O=C1Nc2ccccc2[C@]1(O)c1ccc(F)cc1. The Labute approximate surface area is 103 Å². The first kappa shape index (κ1) is 10.9. The number of benzene rings is 2. The van der Waals surface area contributed by atoms with Gasteiger partial charge in [0.25, 0.3) is 5.91 Å². The van der Waals surface area contributed by atoms with Crippen LogP contribution in [0.5, 0.6) is 0 Å². The van der Waals surface area contributed by atoms with E-state index in [1.807, 2.05) is 0 Å². The molecule has 1 aliphatic rings. The number of carbonyl (C=O) groups is 1. The average molecular weight is 243 g/mol. The Morgan fingerprint density at radius 3 is 2.44 bits per heavy atom. The zero-order chi connectivity index (χ0) is 12.8. The second-order valence-corrected chi connectivity index (χ2v) is 4.22. The van der Waals surface area contributed by atoms with E-state index in [-0.39, 0.29) is 0 Å². The molecule has 2 aromatic rings. The van der Waals surface area contributed by atoms with Crippen LogP contribution in [0.2, 0.25) is 0 Å². The van der Waals surface area contributed by atoms with Gasteiger partial charge in [-0.25, -0.2) is 4.39 Å². The number of fused-ring (bicyclic) bond motifs is 1. The summed E-state index contributed by atoms with van der Waals surface area (Å²) in [6.07, 6.45) is 0. The minimum absolute atomic E-state index is 0.353. The highest BCUT2D eigenvalue weighted by molar-refractivity contribution is 6.07. The summed E-state index contributed by atoms with van der Waals surface area (Å²) in [5.74, 6) is -0.927. The highest BCUT2D eigenvalue weighted by atomic mass is 19.1. The van der Waals surface area contributed by atoms with Gasteiger partial charge in [-0.2, -0.15) is 0 Å². The maximum atomic E-state index is 12.9. The third-order valence-corrected chi connectivity index (χ3v) is 3.16. The van der Waals surface area contributed by atoms with Gasteiger partial charge in [0, 0.05) is 11.3 Å². The largest absolute Gasteiger partial charge is 0.372 e. The number of rotatable bonds is 1. The predicted octanol–water partition coefficient (Wildman–Crippen LogP) is 2.01. The lowest BCUT2D eigenvalue weighted by Gasteiger charge is -2.21. The van der Waals surface area contributed by atoms with Crippen molar-refractivity contribution in [3.8, 4) is 0 Å². The maximum absolute atomic E-state index is 12.9. The molecule has 1 amide bonds. The molecule has 0 unspecified atom stereocenters. The summed E-state index contributed by atoms with van der Waals surface area (Å²) in [6.45, 7) is 0. The Hall–Kier alpha value is -2.20. The smallest absolute Gasteiger partial charge is 0.265 e. The first-order valence-electron chi connectivity index (χ1n) is 5.52. The third-order valence-electron chi connectivity index (χ3n) is 3.16. The number of nitrogens with one attached hydrogen (secondary N) is 1.